The van der Waals surface area contributed by atoms with E-state index in [2.05, 4.69) is 0 Å². The Labute approximate surface area is 145 Å². The number of nitrogens with one attached hydrogen (secondary N) is 1. The van der Waals surface area contributed by atoms with Gasteiger partial charge < -0.3 is 5.32 Å². The van der Waals surface area contributed by atoms with E-state index in [0.717, 1.165) is 30.3 Å². The molecule has 2 rings (SSSR count). The van der Waals surface area contributed by atoms with Crippen LogP contribution in [0.5, 0.6) is 0 Å². The van der Waals surface area contributed by atoms with E-state index in [1.165, 1.54) is 12.1 Å². The second-order valence-corrected chi connectivity index (χ2v) is 7.07. The molecule has 0 aliphatic rings. The fourth-order valence-electron chi connectivity index (χ4n) is 2.09. The molecule has 138 valence electrons. The summed E-state index contributed by atoms with van der Waals surface area (Å²) in [6.45, 7) is 0. The molecule has 0 heterocycles. The number of nitro groups is 1. The van der Waals surface area contributed by atoms with E-state index >= 15 is 0 Å². The lowest BCUT2D eigenvalue weighted by molar-refractivity contribution is -0.387. The first-order valence-electron chi connectivity index (χ1n) is 6.94. The number of halogens is 3. The number of sulfone groups is 1. The molecule has 0 aliphatic carbocycles. The lowest BCUT2D eigenvalue weighted by atomic mass is 10.2. The van der Waals surface area contributed by atoms with Crippen LogP contribution in [0.1, 0.15) is 5.56 Å². The first kappa shape index (κ1) is 19.4. The second kappa shape index (κ2) is 7.12. The van der Waals surface area contributed by atoms with Gasteiger partial charge in [-0.3, -0.25) is 14.9 Å². The molecule has 1 amide bonds. The summed E-state index contributed by atoms with van der Waals surface area (Å²) < 4.78 is 62.4. The molecule has 7 nitrogen and oxygen atoms in total. The van der Waals surface area contributed by atoms with Crippen molar-refractivity contribution in [3.05, 3.63) is 64.2 Å². The Morgan fingerprint density at radius 3 is 2.38 bits per heavy atom. The molecule has 2 aromatic rings. The highest BCUT2D eigenvalue weighted by Crippen LogP contribution is 2.30. The van der Waals surface area contributed by atoms with Gasteiger partial charge in [0.25, 0.3) is 5.69 Å². The molecular weight excluding hydrogens is 377 g/mol. The second-order valence-electron chi connectivity index (χ2n) is 5.11. The van der Waals surface area contributed by atoms with Crippen LogP contribution < -0.4 is 5.32 Å². The molecule has 0 fully saturated rings. The monoisotopic (exact) mass is 388 g/mol. The van der Waals surface area contributed by atoms with Crippen molar-refractivity contribution in [2.75, 3.05) is 11.1 Å². The molecule has 0 spiro atoms. The maximum Gasteiger partial charge on any atom is 0.416 e. The van der Waals surface area contributed by atoms with Gasteiger partial charge >= 0.3 is 6.18 Å². The Bertz CT molecular complexity index is 958. The van der Waals surface area contributed by atoms with Crippen LogP contribution in [0.2, 0.25) is 0 Å². The van der Waals surface area contributed by atoms with Crippen LogP contribution in [0.25, 0.3) is 0 Å². The maximum absolute atomic E-state index is 12.6. The van der Waals surface area contributed by atoms with Gasteiger partial charge in [-0.15, -0.1) is 0 Å². The Morgan fingerprint density at radius 2 is 1.77 bits per heavy atom. The van der Waals surface area contributed by atoms with Crippen LogP contribution in [0.15, 0.2) is 53.4 Å². The average molecular weight is 388 g/mol. The number of alkyl halides is 3. The molecule has 2 aromatic carbocycles. The van der Waals surface area contributed by atoms with Crippen molar-refractivity contribution in [3.8, 4) is 0 Å². The predicted molar refractivity (Wildman–Crippen MR) is 85.2 cm³/mol. The van der Waals surface area contributed by atoms with Gasteiger partial charge in [0.2, 0.25) is 5.91 Å². The van der Waals surface area contributed by atoms with Crippen molar-refractivity contribution in [1.29, 1.82) is 0 Å². The number of hydrogen-bond acceptors (Lipinski definition) is 5. The number of hydrogen-bond donors (Lipinski definition) is 1. The fourth-order valence-corrected chi connectivity index (χ4v) is 3.41. The zero-order valence-corrected chi connectivity index (χ0v) is 13.7. The van der Waals surface area contributed by atoms with Gasteiger partial charge in [-0.25, -0.2) is 8.42 Å². The van der Waals surface area contributed by atoms with Gasteiger partial charge in [0.05, 0.1) is 10.5 Å². The lowest BCUT2D eigenvalue weighted by Gasteiger charge is -2.10. The van der Waals surface area contributed by atoms with Crippen LogP contribution >= 0.6 is 0 Å². The van der Waals surface area contributed by atoms with E-state index < -0.39 is 48.7 Å². The number of amides is 1. The van der Waals surface area contributed by atoms with Crippen molar-refractivity contribution in [3.63, 3.8) is 0 Å². The van der Waals surface area contributed by atoms with Gasteiger partial charge in [0.15, 0.2) is 9.84 Å². The van der Waals surface area contributed by atoms with E-state index in [1.807, 2.05) is 5.32 Å². The predicted octanol–water partition coefficient (Wildman–Crippen LogP) is 3.03. The Hall–Kier alpha value is -2.95. The van der Waals surface area contributed by atoms with Crippen LogP contribution in [-0.2, 0) is 20.8 Å². The van der Waals surface area contributed by atoms with Crippen LogP contribution in [0.3, 0.4) is 0 Å². The topological polar surface area (TPSA) is 106 Å². The standard InChI is InChI=1S/C15H11F3N2O5S/c16-15(17,18)10-4-3-5-11(8-10)19-14(21)9-26(24,25)13-7-2-1-6-12(13)20(22)23/h1-8H,9H2,(H,19,21). The third kappa shape index (κ3) is 4.57. The van der Waals surface area contributed by atoms with E-state index in [4.69, 9.17) is 0 Å². The molecule has 0 unspecified atom stereocenters. The van der Waals surface area contributed by atoms with Crippen molar-refractivity contribution < 1.29 is 31.3 Å². The molecular formula is C15H11F3N2O5S. The number of nitro benzene ring substituents is 1. The first-order valence-corrected chi connectivity index (χ1v) is 8.59. The first-order chi connectivity index (χ1) is 12.0. The number of carbonyl (C=O) groups is 1. The maximum atomic E-state index is 12.6. The molecule has 0 saturated heterocycles. The molecule has 0 aromatic heterocycles. The average Bonchev–Trinajstić information content (AvgIpc) is 2.53. The van der Waals surface area contributed by atoms with Crippen molar-refractivity contribution in [2.45, 2.75) is 11.1 Å². The summed E-state index contributed by atoms with van der Waals surface area (Å²) in [5.74, 6) is -2.28. The van der Waals surface area contributed by atoms with Crippen molar-refractivity contribution >= 4 is 27.1 Å². The highest BCUT2D eigenvalue weighted by molar-refractivity contribution is 7.92. The summed E-state index contributed by atoms with van der Waals surface area (Å²) in [5.41, 5.74) is -1.96. The van der Waals surface area contributed by atoms with Gasteiger partial charge in [0, 0.05) is 11.8 Å². The number of nitrogens with zero attached hydrogens (tertiary/aromatic N) is 1. The quantitative estimate of drug-likeness (QED) is 0.626. The molecule has 0 atom stereocenters. The number of carbonyl (C=O) groups excluding carboxylic acids is 1. The summed E-state index contributed by atoms with van der Waals surface area (Å²) >= 11 is 0. The summed E-state index contributed by atoms with van der Waals surface area (Å²) in [4.78, 5) is 21.3. The third-order valence-electron chi connectivity index (χ3n) is 3.19. The summed E-state index contributed by atoms with van der Waals surface area (Å²) in [5, 5.41) is 13.0. The number of anilines is 1. The van der Waals surface area contributed by atoms with Gasteiger partial charge in [-0.1, -0.05) is 18.2 Å². The Kier molecular flexibility index (Phi) is 5.30. The van der Waals surface area contributed by atoms with Crippen LogP contribution in [0.4, 0.5) is 24.5 Å². The minimum Gasteiger partial charge on any atom is -0.325 e. The summed E-state index contributed by atoms with van der Waals surface area (Å²) in [6, 6.07) is 8.11. The van der Waals surface area contributed by atoms with Crippen molar-refractivity contribution in [1.82, 2.24) is 0 Å². The number of para-hydroxylation sites is 1. The minimum absolute atomic E-state index is 0.248. The minimum atomic E-state index is -4.63. The SMILES string of the molecule is O=C(CS(=O)(=O)c1ccccc1[N+](=O)[O-])Nc1cccc(C(F)(F)F)c1. The van der Waals surface area contributed by atoms with E-state index in [0.29, 0.717) is 6.07 Å². The smallest absolute Gasteiger partial charge is 0.325 e. The lowest BCUT2D eigenvalue weighted by Crippen LogP contribution is -2.23. The molecule has 26 heavy (non-hydrogen) atoms. The van der Waals surface area contributed by atoms with E-state index in [9.17, 15) is 36.5 Å². The zero-order chi connectivity index (χ0) is 19.5. The molecule has 11 heteroatoms. The molecule has 0 saturated carbocycles. The van der Waals surface area contributed by atoms with Crippen LogP contribution in [-0.4, -0.2) is 25.0 Å². The van der Waals surface area contributed by atoms with Crippen molar-refractivity contribution in [2.24, 2.45) is 0 Å². The molecule has 1 N–H and O–H groups in total. The summed E-state index contributed by atoms with van der Waals surface area (Å²) in [7, 11) is -4.37. The van der Waals surface area contributed by atoms with Gasteiger partial charge in [-0.05, 0) is 24.3 Å². The van der Waals surface area contributed by atoms with E-state index in [-0.39, 0.29) is 5.69 Å². The highest BCUT2D eigenvalue weighted by Gasteiger charge is 2.31. The largest absolute Gasteiger partial charge is 0.416 e. The molecule has 0 radical (unpaired) electrons. The zero-order valence-electron chi connectivity index (χ0n) is 12.9. The Balaban J connectivity index is 2.21. The summed E-state index contributed by atoms with van der Waals surface area (Å²) in [6.07, 6.45) is -4.63. The fraction of sp³-hybridized carbons (Fsp3) is 0.133. The van der Waals surface area contributed by atoms with Gasteiger partial charge in [0.1, 0.15) is 10.6 Å². The van der Waals surface area contributed by atoms with Crippen LogP contribution in [0, 0.1) is 10.1 Å². The number of benzene rings is 2. The highest BCUT2D eigenvalue weighted by atomic mass is 32.2. The van der Waals surface area contributed by atoms with Gasteiger partial charge in [-0.2, -0.15) is 13.2 Å². The normalized spacial score (nSPS) is 11.8. The molecule has 0 bridgehead atoms. The van der Waals surface area contributed by atoms with E-state index in [1.54, 1.807) is 0 Å². The Morgan fingerprint density at radius 1 is 1.12 bits per heavy atom. The number of rotatable bonds is 5. The third-order valence-corrected chi connectivity index (χ3v) is 4.85. The molecule has 0 aliphatic heterocycles.